The second-order valence-corrected chi connectivity index (χ2v) is 9.65. The molecule has 1 N–H and O–H groups in total. The lowest BCUT2D eigenvalue weighted by Crippen LogP contribution is -2.53. The van der Waals surface area contributed by atoms with Gasteiger partial charge in [0.15, 0.2) is 11.6 Å². The monoisotopic (exact) mass is 473 g/mol. The lowest BCUT2D eigenvalue weighted by atomic mass is 10.1. The zero-order valence-corrected chi connectivity index (χ0v) is 17.8. The first-order valence-corrected chi connectivity index (χ1v) is 11.4. The van der Waals surface area contributed by atoms with E-state index in [0.29, 0.717) is 42.4 Å². The van der Waals surface area contributed by atoms with Gasteiger partial charge in [-0.1, -0.05) is 0 Å². The number of phenols is 1. The van der Waals surface area contributed by atoms with Crippen molar-refractivity contribution in [2.75, 3.05) is 30.8 Å². The van der Waals surface area contributed by atoms with Crippen LogP contribution in [-0.4, -0.2) is 64.5 Å². The molecule has 4 rings (SSSR count). The van der Waals surface area contributed by atoms with Crippen LogP contribution < -0.4 is 4.90 Å². The normalized spacial score (nSPS) is 18.4. The number of sulfonamides is 1. The van der Waals surface area contributed by atoms with E-state index in [4.69, 9.17) is 0 Å². The average molecular weight is 473 g/mol. The molecular weight excluding hydrogens is 454 g/mol. The highest BCUT2D eigenvalue weighted by Crippen LogP contribution is 2.36. The molecule has 1 unspecified atom stereocenters. The third-order valence-electron chi connectivity index (χ3n) is 5.34. The van der Waals surface area contributed by atoms with Crippen molar-refractivity contribution in [3.05, 3.63) is 42.0 Å². The van der Waals surface area contributed by atoms with Crippen LogP contribution in [0.15, 0.2) is 30.6 Å². The molecule has 1 aliphatic rings. The van der Waals surface area contributed by atoms with Crippen molar-refractivity contribution < 1.29 is 31.1 Å². The number of nitrogens with zero attached hydrogens (tertiary/aromatic N) is 5. The van der Waals surface area contributed by atoms with Gasteiger partial charge in [-0.25, -0.2) is 22.5 Å². The molecule has 2 aromatic heterocycles. The molecule has 1 aliphatic heterocycles. The number of fused-ring (bicyclic) bond motifs is 1. The SMILES string of the molecule is CC1CN(S(C)(=O)=O)CCN1c1cc2cn(-c3cc(O)c(F)c(C(F)(F)F)c3)nc2cn1. The molecule has 8 nitrogen and oxygen atoms in total. The van der Waals surface area contributed by atoms with Crippen LogP contribution in [0, 0.1) is 5.82 Å². The fraction of sp³-hybridized carbons (Fsp3) is 0.368. The Morgan fingerprint density at radius 1 is 1.19 bits per heavy atom. The third kappa shape index (κ3) is 4.09. The molecule has 0 amide bonds. The summed E-state index contributed by atoms with van der Waals surface area (Å²) >= 11 is 0. The van der Waals surface area contributed by atoms with E-state index >= 15 is 0 Å². The number of anilines is 1. The Hall–Kier alpha value is -2.93. The summed E-state index contributed by atoms with van der Waals surface area (Å²) in [6, 6.07) is 2.97. The Bertz CT molecular complexity index is 1290. The largest absolute Gasteiger partial charge is 0.505 e. The molecule has 13 heteroatoms. The van der Waals surface area contributed by atoms with Crippen molar-refractivity contribution in [3.63, 3.8) is 0 Å². The van der Waals surface area contributed by atoms with Gasteiger partial charge < -0.3 is 10.0 Å². The van der Waals surface area contributed by atoms with E-state index in [-0.39, 0.29) is 11.7 Å². The van der Waals surface area contributed by atoms with Crippen molar-refractivity contribution >= 4 is 26.7 Å². The molecular formula is C19H19F4N5O3S. The number of halogens is 4. The topological polar surface area (TPSA) is 91.6 Å². The molecule has 1 atom stereocenters. The third-order valence-corrected chi connectivity index (χ3v) is 6.61. The number of alkyl halides is 3. The Morgan fingerprint density at radius 3 is 2.53 bits per heavy atom. The molecule has 0 radical (unpaired) electrons. The number of phenolic OH excluding ortho intramolecular Hbond substituents is 1. The maximum atomic E-state index is 13.7. The number of hydrogen-bond acceptors (Lipinski definition) is 6. The lowest BCUT2D eigenvalue weighted by Gasteiger charge is -2.39. The van der Waals surface area contributed by atoms with Crippen molar-refractivity contribution in [2.24, 2.45) is 0 Å². The van der Waals surface area contributed by atoms with Crippen molar-refractivity contribution in [1.29, 1.82) is 0 Å². The maximum absolute atomic E-state index is 13.7. The Morgan fingerprint density at radius 2 is 1.91 bits per heavy atom. The smallest absolute Gasteiger partial charge is 0.419 e. The van der Waals surface area contributed by atoms with Gasteiger partial charge in [0, 0.05) is 43.3 Å². The molecule has 1 fully saturated rings. The van der Waals surface area contributed by atoms with Crippen LogP contribution in [-0.2, 0) is 16.2 Å². The molecule has 0 spiro atoms. The second kappa shape index (κ2) is 7.59. The van der Waals surface area contributed by atoms with Gasteiger partial charge in [0.05, 0.1) is 23.7 Å². The number of rotatable bonds is 3. The number of pyridine rings is 1. The number of hydrogen-bond donors (Lipinski definition) is 1. The van der Waals surface area contributed by atoms with Crippen LogP contribution in [0.5, 0.6) is 5.75 Å². The highest BCUT2D eigenvalue weighted by atomic mass is 32.2. The van der Waals surface area contributed by atoms with E-state index in [0.717, 1.165) is 17.0 Å². The standard InChI is InChI=1S/C19H19F4N5O3S/c1-11-9-26(32(2,30)31)3-4-27(11)17-5-12-10-28(25-15(12)8-24-17)13-6-14(19(21,22)23)18(20)16(29)7-13/h5-8,10-11,29H,3-4,9H2,1-2H3. The van der Waals surface area contributed by atoms with Crippen LogP contribution in [0.25, 0.3) is 16.6 Å². The van der Waals surface area contributed by atoms with Crippen LogP contribution >= 0.6 is 0 Å². The van der Waals surface area contributed by atoms with E-state index in [1.807, 2.05) is 11.8 Å². The van der Waals surface area contributed by atoms with E-state index in [1.165, 1.54) is 16.7 Å². The quantitative estimate of drug-likeness (QED) is 0.589. The van der Waals surface area contributed by atoms with E-state index in [1.54, 1.807) is 6.07 Å². The van der Waals surface area contributed by atoms with Crippen LogP contribution in [0.3, 0.4) is 0 Å². The molecule has 1 aromatic carbocycles. The summed E-state index contributed by atoms with van der Waals surface area (Å²) in [5.41, 5.74) is -1.37. The summed E-state index contributed by atoms with van der Waals surface area (Å²) in [6.45, 7) is 2.89. The molecule has 3 aromatic rings. The minimum absolute atomic E-state index is 0.151. The Balaban J connectivity index is 1.67. The summed E-state index contributed by atoms with van der Waals surface area (Å²) < 4.78 is 79.1. The number of aromatic hydroxyl groups is 1. The van der Waals surface area contributed by atoms with Gasteiger partial charge in [-0.2, -0.15) is 22.6 Å². The minimum atomic E-state index is -4.98. The van der Waals surface area contributed by atoms with Gasteiger partial charge in [-0.15, -0.1) is 0 Å². The van der Waals surface area contributed by atoms with Crippen molar-refractivity contribution in [1.82, 2.24) is 19.1 Å². The fourth-order valence-electron chi connectivity index (χ4n) is 3.70. The van der Waals surface area contributed by atoms with Crippen LogP contribution in [0.1, 0.15) is 12.5 Å². The van der Waals surface area contributed by atoms with Crippen LogP contribution in [0.4, 0.5) is 23.4 Å². The molecule has 0 saturated carbocycles. The summed E-state index contributed by atoms with van der Waals surface area (Å²) in [5.74, 6) is -2.31. The molecule has 0 aliphatic carbocycles. The maximum Gasteiger partial charge on any atom is 0.419 e. The minimum Gasteiger partial charge on any atom is -0.505 e. The Labute approximate surface area is 180 Å². The first kappa shape index (κ1) is 22.3. The zero-order chi connectivity index (χ0) is 23.4. The molecule has 32 heavy (non-hydrogen) atoms. The summed E-state index contributed by atoms with van der Waals surface area (Å²) in [7, 11) is -3.30. The van der Waals surface area contributed by atoms with E-state index < -0.39 is 33.3 Å². The summed E-state index contributed by atoms with van der Waals surface area (Å²) in [4.78, 5) is 6.29. The molecule has 3 heterocycles. The Kier molecular flexibility index (Phi) is 5.28. The van der Waals surface area contributed by atoms with Gasteiger partial charge in [-0.3, -0.25) is 0 Å². The molecule has 0 bridgehead atoms. The number of piperazine rings is 1. The van der Waals surface area contributed by atoms with Crippen molar-refractivity contribution in [3.8, 4) is 11.4 Å². The first-order chi connectivity index (χ1) is 14.8. The zero-order valence-electron chi connectivity index (χ0n) is 17.0. The highest BCUT2D eigenvalue weighted by molar-refractivity contribution is 7.88. The van der Waals surface area contributed by atoms with Gasteiger partial charge in [0.2, 0.25) is 10.0 Å². The number of aromatic nitrogens is 3. The fourth-order valence-corrected chi connectivity index (χ4v) is 4.60. The second-order valence-electron chi connectivity index (χ2n) is 7.66. The summed E-state index contributed by atoms with van der Waals surface area (Å²) in [5, 5.41) is 14.4. The van der Waals surface area contributed by atoms with Crippen LogP contribution in [0.2, 0.25) is 0 Å². The highest BCUT2D eigenvalue weighted by Gasteiger charge is 2.36. The number of benzene rings is 1. The van der Waals surface area contributed by atoms with Crippen molar-refractivity contribution in [2.45, 2.75) is 19.1 Å². The predicted octanol–water partition coefficient (Wildman–Crippen LogP) is 2.75. The van der Waals surface area contributed by atoms with Gasteiger partial charge in [-0.05, 0) is 19.1 Å². The predicted molar refractivity (Wildman–Crippen MR) is 109 cm³/mol. The van der Waals surface area contributed by atoms with E-state index in [2.05, 4.69) is 10.1 Å². The molecule has 1 saturated heterocycles. The molecule has 172 valence electrons. The lowest BCUT2D eigenvalue weighted by molar-refractivity contribution is -0.140. The van der Waals surface area contributed by atoms with Gasteiger partial charge in [0.1, 0.15) is 11.3 Å². The first-order valence-electron chi connectivity index (χ1n) is 9.52. The average Bonchev–Trinajstić information content (AvgIpc) is 3.11. The summed E-state index contributed by atoms with van der Waals surface area (Å²) in [6.07, 6.45) is -0.926. The van der Waals surface area contributed by atoms with Gasteiger partial charge in [0.25, 0.3) is 0 Å². The van der Waals surface area contributed by atoms with Gasteiger partial charge >= 0.3 is 6.18 Å². The van der Waals surface area contributed by atoms with E-state index in [9.17, 15) is 31.1 Å².